The van der Waals surface area contributed by atoms with Crippen LogP contribution in [0.15, 0.2) is 24.3 Å². The first-order valence-electron chi connectivity index (χ1n) is 8.39. The zero-order valence-electron chi connectivity index (χ0n) is 13.6. The molecule has 1 aromatic rings. The van der Waals surface area contributed by atoms with Gasteiger partial charge in [0.2, 0.25) is 0 Å². The van der Waals surface area contributed by atoms with Crippen LogP contribution in [0.5, 0.6) is 5.75 Å². The number of nitrogens with zero attached hydrogens (tertiary/aromatic N) is 2. The van der Waals surface area contributed by atoms with Gasteiger partial charge in [0.05, 0.1) is 6.04 Å². The summed E-state index contributed by atoms with van der Waals surface area (Å²) < 4.78 is 5.84. The fourth-order valence-corrected chi connectivity index (χ4v) is 3.06. The summed E-state index contributed by atoms with van der Waals surface area (Å²) in [7, 11) is 0. The molecule has 0 radical (unpaired) electrons. The largest absolute Gasteiger partial charge is 0.492 e. The Labute approximate surface area is 133 Å². The second kappa shape index (κ2) is 6.69. The highest BCUT2D eigenvalue weighted by Crippen LogP contribution is 2.22. The van der Waals surface area contributed by atoms with Gasteiger partial charge in [-0.15, -0.1) is 0 Å². The van der Waals surface area contributed by atoms with Crippen LogP contribution in [0.1, 0.15) is 37.0 Å². The van der Waals surface area contributed by atoms with E-state index in [1.165, 1.54) is 0 Å². The fourth-order valence-electron chi connectivity index (χ4n) is 3.06. The maximum Gasteiger partial charge on any atom is 0.253 e. The Kier molecular flexibility index (Phi) is 4.67. The summed E-state index contributed by atoms with van der Waals surface area (Å²) in [5.74, 6) is 1.71. The van der Waals surface area contributed by atoms with Gasteiger partial charge in [0.1, 0.15) is 12.4 Å². The van der Waals surface area contributed by atoms with E-state index < -0.39 is 0 Å². The SMILES string of the molecule is CC(C)CN1CC1COc1ccc(C(=O)N2CCCC2)cc1. The van der Waals surface area contributed by atoms with E-state index in [0.29, 0.717) is 12.0 Å². The highest BCUT2D eigenvalue weighted by molar-refractivity contribution is 5.94. The number of carbonyl (C=O) groups excluding carboxylic acids is 1. The maximum absolute atomic E-state index is 12.3. The molecule has 1 aromatic carbocycles. The lowest BCUT2D eigenvalue weighted by molar-refractivity contribution is 0.0793. The molecule has 2 aliphatic rings. The number of likely N-dealkylation sites (tertiary alicyclic amines) is 1. The first-order chi connectivity index (χ1) is 10.6. The summed E-state index contributed by atoms with van der Waals surface area (Å²) in [6.45, 7) is 9.31. The highest BCUT2D eigenvalue weighted by atomic mass is 16.5. The van der Waals surface area contributed by atoms with Crippen LogP contribution in [0.4, 0.5) is 0 Å². The van der Waals surface area contributed by atoms with Crippen molar-refractivity contribution in [2.24, 2.45) is 5.92 Å². The molecule has 2 aliphatic heterocycles. The molecule has 0 saturated carbocycles. The fraction of sp³-hybridized carbons (Fsp3) is 0.611. The van der Waals surface area contributed by atoms with Gasteiger partial charge in [0, 0.05) is 31.7 Å². The monoisotopic (exact) mass is 302 g/mol. The lowest BCUT2D eigenvalue weighted by Crippen LogP contribution is -2.27. The molecule has 4 heteroatoms. The van der Waals surface area contributed by atoms with Gasteiger partial charge in [-0.05, 0) is 43.0 Å². The third kappa shape index (κ3) is 3.80. The van der Waals surface area contributed by atoms with Crippen molar-refractivity contribution in [1.82, 2.24) is 9.80 Å². The molecule has 2 heterocycles. The Hall–Kier alpha value is -1.55. The van der Waals surface area contributed by atoms with Gasteiger partial charge in [-0.25, -0.2) is 0 Å². The lowest BCUT2D eigenvalue weighted by Gasteiger charge is -2.15. The first kappa shape index (κ1) is 15.3. The normalized spacial score (nSPS) is 23.9. The summed E-state index contributed by atoms with van der Waals surface area (Å²) in [6.07, 6.45) is 2.25. The number of ether oxygens (including phenoxy) is 1. The molecule has 0 aromatic heterocycles. The maximum atomic E-state index is 12.3. The predicted molar refractivity (Wildman–Crippen MR) is 87.3 cm³/mol. The quantitative estimate of drug-likeness (QED) is 0.757. The number of rotatable bonds is 6. The minimum Gasteiger partial charge on any atom is -0.492 e. The van der Waals surface area contributed by atoms with Crippen LogP contribution in [0, 0.1) is 5.92 Å². The summed E-state index contributed by atoms with van der Waals surface area (Å²) in [5.41, 5.74) is 0.766. The van der Waals surface area contributed by atoms with E-state index in [0.717, 1.165) is 56.9 Å². The lowest BCUT2D eigenvalue weighted by atomic mass is 10.2. The van der Waals surface area contributed by atoms with Crippen LogP contribution >= 0.6 is 0 Å². The number of hydrogen-bond donors (Lipinski definition) is 0. The summed E-state index contributed by atoms with van der Waals surface area (Å²) in [6, 6.07) is 8.16. The van der Waals surface area contributed by atoms with Crippen molar-refractivity contribution in [3.8, 4) is 5.75 Å². The topological polar surface area (TPSA) is 32.6 Å². The van der Waals surface area contributed by atoms with Gasteiger partial charge in [-0.3, -0.25) is 9.69 Å². The smallest absolute Gasteiger partial charge is 0.253 e. The molecule has 3 rings (SSSR count). The number of amides is 1. The molecule has 0 N–H and O–H groups in total. The van der Waals surface area contributed by atoms with Crippen molar-refractivity contribution in [3.05, 3.63) is 29.8 Å². The van der Waals surface area contributed by atoms with Gasteiger partial charge >= 0.3 is 0 Å². The molecule has 0 bridgehead atoms. The Morgan fingerprint density at radius 2 is 1.91 bits per heavy atom. The zero-order valence-corrected chi connectivity index (χ0v) is 13.6. The van der Waals surface area contributed by atoms with Gasteiger partial charge in [0.25, 0.3) is 5.91 Å². The Morgan fingerprint density at radius 3 is 2.55 bits per heavy atom. The number of hydrogen-bond acceptors (Lipinski definition) is 3. The van der Waals surface area contributed by atoms with Gasteiger partial charge < -0.3 is 9.64 Å². The second-order valence-electron chi connectivity index (χ2n) is 6.84. The van der Waals surface area contributed by atoms with Crippen molar-refractivity contribution < 1.29 is 9.53 Å². The van der Waals surface area contributed by atoms with Gasteiger partial charge in [-0.2, -0.15) is 0 Å². The molecule has 1 amide bonds. The van der Waals surface area contributed by atoms with Crippen LogP contribution in [-0.4, -0.2) is 54.5 Å². The number of carbonyl (C=O) groups is 1. The molecular weight excluding hydrogens is 276 g/mol. The van der Waals surface area contributed by atoms with Gasteiger partial charge in [-0.1, -0.05) is 13.8 Å². The van der Waals surface area contributed by atoms with Crippen molar-refractivity contribution in [3.63, 3.8) is 0 Å². The summed E-state index contributed by atoms with van der Waals surface area (Å²) in [4.78, 5) is 16.6. The minimum atomic E-state index is 0.148. The van der Waals surface area contributed by atoms with Crippen LogP contribution in [0.2, 0.25) is 0 Å². The number of benzene rings is 1. The highest BCUT2D eigenvalue weighted by Gasteiger charge is 2.34. The Bertz CT molecular complexity index is 506. The molecule has 0 spiro atoms. The summed E-state index contributed by atoms with van der Waals surface area (Å²) >= 11 is 0. The van der Waals surface area contributed by atoms with E-state index in [2.05, 4.69) is 18.7 Å². The van der Waals surface area contributed by atoms with Crippen molar-refractivity contribution in [2.45, 2.75) is 32.7 Å². The van der Waals surface area contributed by atoms with E-state index in [9.17, 15) is 4.79 Å². The van der Waals surface area contributed by atoms with Crippen LogP contribution in [0.25, 0.3) is 0 Å². The first-order valence-corrected chi connectivity index (χ1v) is 8.39. The third-order valence-electron chi connectivity index (χ3n) is 4.36. The summed E-state index contributed by atoms with van der Waals surface area (Å²) in [5, 5.41) is 0. The van der Waals surface area contributed by atoms with Crippen molar-refractivity contribution in [2.75, 3.05) is 32.8 Å². The molecule has 2 unspecified atom stereocenters. The van der Waals surface area contributed by atoms with Crippen LogP contribution in [0.3, 0.4) is 0 Å². The van der Waals surface area contributed by atoms with Crippen LogP contribution < -0.4 is 4.74 Å². The van der Waals surface area contributed by atoms with E-state index in [-0.39, 0.29) is 5.91 Å². The molecule has 4 nitrogen and oxygen atoms in total. The average Bonchev–Trinajstić information content (AvgIpc) is 3.01. The zero-order chi connectivity index (χ0) is 15.5. The third-order valence-corrected chi connectivity index (χ3v) is 4.36. The Balaban J connectivity index is 1.47. The molecule has 22 heavy (non-hydrogen) atoms. The predicted octanol–water partition coefficient (Wildman–Crippen LogP) is 2.64. The van der Waals surface area contributed by atoms with Gasteiger partial charge in [0.15, 0.2) is 0 Å². The molecule has 2 atom stereocenters. The standard InChI is InChI=1S/C18H26N2O2/c1-14(2)11-20-12-16(20)13-22-17-7-5-15(6-8-17)18(21)19-9-3-4-10-19/h5-8,14,16H,3-4,9-13H2,1-2H3. The molecular formula is C18H26N2O2. The molecule has 0 aliphatic carbocycles. The minimum absolute atomic E-state index is 0.148. The van der Waals surface area contributed by atoms with Crippen LogP contribution in [-0.2, 0) is 0 Å². The second-order valence-corrected chi connectivity index (χ2v) is 6.84. The van der Waals surface area contributed by atoms with E-state index in [4.69, 9.17) is 4.74 Å². The van der Waals surface area contributed by atoms with E-state index in [1.54, 1.807) is 0 Å². The Morgan fingerprint density at radius 1 is 1.23 bits per heavy atom. The van der Waals surface area contributed by atoms with Crippen molar-refractivity contribution >= 4 is 5.91 Å². The molecule has 120 valence electrons. The van der Waals surface area contributed by atoms with E-state index >= 15 is 0 Å². The molecule has 2 saturated heterocycles. The molecule has 2 fully saturated rings. The average molecular weight is 302 g/mol. The van der Waals surface area contributed by atoms with E-state index in [1.807, 2.05) is 29.2 Å². The van der Waals surface area contributed by atoms with Crippen molar-refractivity contribution in [1.29, 1.82) is 0 Å².